The fourth-order valence-corrected chi connectivity index (χ4v) is 2.15. The van der Waals surface area contributed by atoms with E-state index in [1.165, 1.54) is 0 Å². The van der Waals surface area contributed by atoms with Crippen molar-refractivity contribution in [2.45, 2.75) is 19.4 Å². The molecular formula is C16H18ClNO4. The Bertz CT molecular complexity index is 636. The van der Waals surface area contributed by atoms with E-state index >= 15 is 0 Å². The zero-order valence-corrected chi connectivity index (χ0v) is 13.0. The Morgan fingerprint density at radius 1 is 1.41 bits per heavy atom. The average molecular weight is 324 g/mol. The molecule has 0 saturated carbocycles. The zero-order valence-electron chi connectivity index (χ0n) is 12.2. The molecule has 0 aliphatic rings. The normalized spacial score (nSPS) is 12.2. The molecule has 3 N–H and O–H groups in total. The van der Waals surface area contributed by atoms with Crippen LogP contribution in [0.15, 0.2) is 34.7 Å². The number of ether oxygens (including phenoxy) is 1. The molecule has 1 atom stereocenters. The molecule has 2 aromatic rings. The van der Waals surface area contributed by atoms with Crippen molar-refractivity contribution < 1.29 is 19.1 Å². The molecule has 5 nitrogen and oxygen atoms in total. The lowest BCUT2D eigenvalue weighted by Crippen LogP contribution is -2.27. The number of nitrogens with two attached hydrogens (primary N) is 1. The van der Waals surface area contributed by atoms with E-state index < -0.39 is 12.0 Å². The average Bonchev–Trinajstić information content (AvgIpc) is 2.92. The van der Waals surface area contributed by atoms with Gasteiger partial charge in [-0.3, -0.25) is 0 Å². The predicted octanol–water partition coefficient (Wildman–Crippen LogP) is 2.64. The van der Waals surface area contributed by atoms with E-state index in [1.807, 2.05) is 0 Å². The summed E-state index contributed by atoms with van der Waals surface area (Å²) in [4.78, 5) is 12.0. The second-order valence-corrected chi connectivity index (χ2v) is 5.26. The lowest BCUT2D eigenvalue weighted by Gasteiger charge is -2.07. The van der Waals surface area contributed by atoms with Gasteiger partial charge in [0.1, 0.15) is 17.1 Å². The van der Waals surface area contributed by atoms with Crippen LogP contribution in [0.3, 0.4) is 0 Å². The van der Waals surface area contributed by atoms with Gasteiger partial charge in [0.15, 0.2) is 0 Å². The zero-order chi connectivity index (χ0) is 16.1. The lowest BCUT2D eigenvalue weighted by atomic mass is 10.1. The smallest absolute Gasteiger partial charge is 0.341 e. The number of carbonyl (C=O) groups is 1. The fraction of sp³-hybridized carbons (Fsp3) is 0.312. The molecule has 0 amide bonds. The van der Waals surface area contributed by atoms with Crippen LogP contribution in [-0.4, -0.2) is 30.3 Å². The van der Waals surface area contributed by atoms with Crippen molar-refractivity contribution in [2.24, 2.45) is 5.73 Å². The molecular weight excluding hydrogens is 306 g/mol. The molecule has 0 saturated heterocycles. The predicted molar refractivity (Wildman–Crippen MR) is 83.9 cm³/mol. The van der Waals surface area contributed by atoms with E-state index in [4.69, 9.17) is 31.6 Å². The van der Waals surface area contributed by atoms with E-state index in [2.05, 4.69) is 0 Å². The summed E-state index contributed by atoms with van der Waals surface area (Å²) in [5.74, 6) is 0.469. The number of hydrogen-bond donors (Lipinski definition) is 2. The summed E-state index contributed by atoms with van der Waals surface area (Å²) < 4.78 is 10.8. The maximum atomic E-state index is 12.0. The van der Waals surface area contributed by atoms with E-state index in [0.29, 0.717) is 22.1 Å². The van der Waals surface area contributed by atoms with E-state index in [9.17, 15) is 4.79 Å². The monoisotopic (exact) mass is 323 g/mol. The third-order valence-electron chi connectivity index (χ3n) is 3.12. The maximum Gasteiger partial charge on any atom is 0.341 e. The van der Waals surface area contributed by atoms with E-state index in [-0.39, 0.29) is 19.6 Å². The molecule has 22 heavy (non-hydrogen) atoms. The molecule has 0 spiro atoms. The van der Waals surface area contributed by atoms with E-state index in [0.717, 1.165) is 5.56 Å². The highest BCUT2D eigenvalue weighted by atomic mass is 35.5. The summed E-state index contributed by atoms with van der Waals surface area (Å²) >= 11 is 5.87. The van der Waals surface area contributed by atoms with Gasteiger partial charge in [-0.1, -0.05) is 11.6 Å². The van der Waals surface area contributed by atoms with Crippen LogP contribution in [0, 0.1) is 0 Å². The summed E-state index contributed by atoms with van der Waals surface area (Å²) in [6.07, 6.45) is 0.248. The van der Waals surface area contributed by atoms with Gasteiger partial charge in [-0.05, 0) is 37.3 Å². The molecule has 1 heterocycles. The van der Waals surface area contributed by atoms with Crippen LogP contribution >= 0.6 is 11.6 Å². The Balaban J connectivity index is 2.37. The highest BCUT2D eigenvalue weighted by Crippen LogP contribution is 2.28. The minimum atomic E-state index is -0.502. The summed E-state index contributed by atoms with van der Waals surface area (Å²) in [6.45, 7) is 1.81. The van der Waals surface area contributed by atoms with Gasteiger partial charge in [0.05, 0.1) is 13.2 Å². The van der Waals surface area contributed by atoms with Gasteiger partial charge >= 0.3 is 5.97 Å². The van der Waals surface area contributed by atoms with Crippen LogP contribution in [-0.2, 0) is 11.2 Å². The van der Waals surface area contributed by atoms with E-state index in [1.54, 1.807) is 37.3 Å². The number of halogens is 1. The third kappa shape index (κ3) is 3.88. The van der Waals surface area contributed by atoms with Crippen LogP contribution < -0.4 is 5.73 Å². The number of esters is 1. The highest BCUT2D eigenvalue weighted by molar-refractivity contribution is 6.30. The minimum Gasteiger partial charge on any atom is -0.462 e. The van der Waals surface area contributed by atoms with Gasteiger partial charge in [-0.2, -0.15) is 0 Å². The van der Waals surface area contributed by atoms with Gasteiger partial charge in [-0.15, -0.1) is 0 Å². The topological polar surface area (TPSA) is 85.7 Å². The number of rotatable bonds is 6. The lowest BCUT2D eigenvalue weighted by molar-refractivity contribution is 0.0523. The Morgan fingerprint density at radius 2 is 2.09 bits per heavy atom. The number of furan rings is 1. The molecule has 1 unspecified atom stereocenters. The number of benzene rings is 1. The van der Waals surface area contributed by atoms with Gasteiger partial charge in [-0.25, -0.2) is 4.79 Å². The second kappa shape index (κ2) is 7.45. The summed E-state index contributed by atoms with van der Waals surface area (Å²) in [5.41, 5.74) is 6.86. The number of carbonyl (C=O) groups excluding carboxylic acids is 1. The van der Waals surface area contributed by atoms with Crippen LogP contribution in [0.25, 0.3) is 11.3 Å². The van der Waals surface area contributed by atoms with Gasteiger partial charge in [0, 0.05) is 23.0 Å². The first-order chi connectivity index (χ1) is 10.5. The van der Waals surface area contributed by atoms with Gasteiger partial charge in [0.2, 0.25) is 0 Å². The molecule has 1 aromatic heterocycles. The first-order valence-electron chi connectivity index (χ1n) is 6.97. The molecule has 0 fully saturated rings. The molecule has 6 heteroatoms. The number of hydrogen-bond acceptors (Lipinski definition) is 5. The Hall–Kier alpha value is -1.82. The standard InChI is InChI=1S/C16H18ClNO4/c1-2-21-16(20)13-8-14(10-3-5-11(17)6-4-10)22-15(13)7-12(18)9-19/h3-6,8,12,19H,2,7,9,18H2,1H3. The first kappa shape index (κ1) is 16.5. The van der Waals surface area contributed by atoms with Crippen molar-refractivity contribution >= 4 is 17.6 Å². The van der Waals surface area contributed by atoms with Crippen molar-refractivity contribution in [3.05, 3.63) is 46.7 Å². The number of aliphatic hydroxyl groups is 1. The van der Waals surface area contributed by atoms with Crippen LogP contribution in [0.2, 0.25) is 5.02 Å². The Morgan fingerprint density at radius 3 is 2.68 bits per heavy atom. The third-order valence-corrected chi connectivity index (χ3v) is 3.37. The Labute approximate surface area is 133 Å². The van der Waals surface area contributed by atoms with Crippen molar-refractivity contribution in [2.75, 3.05) is 13.2 Å². The van der Waals surface area contributed by atoms with Crippen molar-refractivity contribution in [1.29, 1.82) is 0 Å². The molecule has 1 aromatic carbocycles. The molecule has 0 bridgehead atoms. The largest absolute Gasteiger partial charge is 0.462 e. The second-order valence-electron chi connectivity index (χ2n) is 4.82. The fourth-order valence-electron chi connectivity index (χ4n) is 2.02. The van der Waals surface area contributed by atoms with Gasteiger partial charge in [0.25, 0.3) is 0 Å². The Kier molecular flexibility index (Phi) is 5.60. The van der Waals surface area contributed by atoms with Gasteiger partial charge < -0.3 is 20.0 Å². The summed E-state index contributed by atoms with van der Waals surface area (Å²) in [6, 6.07) is 8.20. The molecule has 0 aliphatic carbocycles. The first-order valence-corrected chi connectivity index (χ1v) is 7.35. The quantitative estimate of drug-likeness (QED) is 0.798. The molecule has 0 radical (unpaired) electrons. The van der Waals surface area contributed by atoms with Crippen molar-refractivity contribution in [3.63, 3.8) is 0 Å². The van der Waals surface area contributed by atoms with Crippen molar-refractivity contribution in [3.8, 4) is 11.3 Å². The molecule has 118 valence electrons. The minimum absolute atomic E-state index is 0.195. The highest BCUT2D eigenvalue weighted by Gasteiger charge is 2.21. The summed E-state index contributed by atoms with van der Waals surface area (Å²) in [7, 11) is 0. The molecule has 0 aliphatic heterocycles. The maximum absolute atomic E-state index is 12.0. The summed E-state index contributed by atoms with van der Waals surface area (Å²) in [5, 5.41) is 9.70. The number of aliphatic hydroxyl groups excluding tert-OH is 1. The molecule has 2 rings (SSSR count). The SMILES string of the molecule is CCOC(=O)c1cc(-c2ccc(Cl)cc2)oc1CC(N)CO. The van der Waals surface area contributed by atoms with Crippen LogP contribution in [0.5, 0.6) is 0 Å². The van der Waals surface area contributed by atoms with Crippen molar-refractivity contribution in [1.82, 2.24) is 0 Å². The van der Waals surface area contributed by atoms with Crippen LogP contribution in [0.1, 0.15) is 23.0 Å². The van der Waals surface area contributed by atoms with Crippen LogP contribution in [0.4, 0.5) is 0 Å².